The molecule has 34 heavy (non-hydrogen) atoms. The van der Waals surface area contributed by atoms with Crippen molar-refractivity contribution in [3.63, 3.8) is 0 Å². The van der Waals surface area contributed by atoms with Crippen molar-refractivity contribution in [1.82, 2.24) is 10.6 Å². The van der Waals surface area contributed by atoms with Crippen LogP contribution in [0.5, 0.6) is 0 Å². The Morgan fingerprint density at radius 1 is 0.706 bits per heavy atom. The van der Waals surface area contributed by atoms with Crippen molar-refractivity contribution in [3.05, 3.63) is 79.9 Å². The number of rotatable bonds is 11. The van der Waals surface area contributed by atoms with Gasteiger partial charge in [0.2, 0.25) is 0 Å². The van der Waals surface area contributed by atoms with Crippen molar-refractivity contribution in [2.45, 2.75) is 12.8 Å². The van der Waals surface area contributed by atoms with Gasteiger partial charge in [-0.25, -0.2) is 0 Å². The summed E-state index contributed by atoms with van der Waals surface area (Å²) < 4.78 is 0. The first kappa shape index (κ1) is 25.4. The Kier molecular flexibility index (Phi) is 9.13. The summed E-state index contributed by atoms with van der Waals surface area (Å²) in [5.41, 5.74) is 0.303. The molecule has 0 aromatic heterocycles. The number of non-ortho nitro benzene ring substituents is 2. The van der Waals surface area contributed by atoms with Crippen LogP contribution in [-0.2, 0) is 22.4 Å². The van der Waals surface area contributed by atoms with Gasteiger partial charge < -0.3 is 21.0 Å². The first-order valence-corrected chi connectivity index (χ1v) is 9.70. The summed E-state index contributed by atoms with van der Waals surface area (Å²) in [6, 6.07) is 10.7. The average Bonchev–Trinajstić information content (AvgIpc) is 2.83. The van der Waals surface area contributed by atoms with Crippen molar-refractivity contribution in [1.29, 1.82) is 0 Å². The van der Waals surface area contributed by atoms with Crippen LogP contribution in [0.25, 0.3) is 0 Å². The quantitative estimate of drug-likeness (QED) is 0.122. The van der Waals surface area contributed by atoms with Gasteiger partial charge in [-0.15, -0.1) is 0 Å². The summed E-state index contributed by atoms with van der Waals surface area (Å²) in [6.07, 6.45) is -0.160. The van der Waals surface area contributed by atoms with Gasteiger partial charge in [0.05, 0.1) is 9.85 Å². The van der Waals surface area contributed by atoms with E-state index in [1.165, 1.54) is 48.5 Å². The van der Waals surface area contributed by atoms with Gasteiger partial charge >= 0.3 is 0 Å². The molecule has 2 amide bonds. The molecule has 0 bridgehead atoms. The van der Waals surface area contributed by atoms with E-state index in [9.17, 15) is 29.8 Å². The van der Waals surface area contributed by atoms with E-state index < -0.39 is 21.7 Å². The first-order chi connectivity index (χ1) is 16.2. The molecule has 0 aliphatic heterocycles. The lowest BCUT2D eigenvalue weighted by molar-refractivity contribution is -0.385. The number of nitro benzene ring substituents is 2. The van der Waals surface area contributed by atoms with Gasteiger partial charge in [0, 0.05) is 50.2 Å². The molecule has 0 fully saturated rings. The second-order valence-corrected chi connectivity index (χ2v) is 6.81. The number of nitrogens with one attached hydrogen (secondary N) is 2. The lowest BCUT2D eigenvalue weighted by atomic mass is 10.1. The van der Waals surface area contributed by atoms with E-state index in [0.717, 1.165) is 0 Å². The van der Waals surface area contributed by atoms with Crippen LogP contribution in [0.3, 0.4) is 0 Å². The maximum absolute atomic E-state index is 12.2. The van der Waals surface area contributed by atoms with Crippen LogP contribution < -0.4 is 10.6 Å². The van der Waals surface area contributed by atoms with Gasteiger partial charge in [0.25, 0.3) is 23.2 Å². The zero-order valence-corrected chi connectivity index (χ0v) is 17.6. The molecule has 0 unspecified atom stereocenters. The number of nitro groups is 2. The monoisotopic (exact) mass is 472 g/mol. The summed E-state index contributed by atoms with van der Waals surface area (Å²) in [5, 5.41) is 50.4. The zero-order valence-electron chi connectivity index (χ0n) is 17.6. The van der Waals surface area contributed by atoms with Crippen molar-refractivity contribution < 1.29 is 29.9 Å². The van der Waals surface area contributed by atoms with Crippen LogP contribution in [0.4, 0.5) is 11.4 Å². The van der Waals surface area contributed by atoms with Crippen molar-refractivity contribution in [3.8, 4) is 0 Å². The third-order valence-corrected chi connectivity index (χ3v) is 4.50. The Bertz CT molecular complexity index is 1020. The second kappa shape index (κ2) is 12.2. The lowest BCUT2D eigenvalue weighted by Crippen LogP contribution is -2.40. The molecule has 0 atom stereocenters. The Hall–Kier alpha value is -4.88. The highest BCUT2D eigenvalue weighted by molar-refractivity contribution is 6.39. The Balaban J connectivity index is 1.80. The fourth-order valence-corrected chi connectivity index (χ4v) is 2.74. The highest BCUT2D eigenvalue weighted by Crippen LogP contribution is 2.13. The molecular weight excluding hydrogens is 452 g/mol. The predicted octanol–water partition coefficient (Wildman–Crippen LogP) is 1.18. The van der Waals surface area contributed by atoms with E-state index >= 15 is 0 Å². The minimum atomic E-state index is -0.711. The van der Waals surface area contributed by atoms with Crippen LogP contribution in [0.1, 0.15) is 11.1 Å². The zero-order chi connectivity index (χ0) is 25.1. The van der Waals surface area contributed by atoms with Crippen LogP contribution in [0, 0.1) is 20.2 Å². The highest BCUT2D eigenvalue weighted by atomic mass is 16.6. The Morgan fingerprint density at radius 2 is 1.03 bits per heavy atom. The maximum Gasteiger partial charge on any atom is 0.269 e. The molecule has 2 aromatic carbocycles. The third-order valence-electron chi connectivity index (χ3n) is 4.50. The summed E-state index contributed by atoms with van der Waals surface area (Å²) >= 11 is 0. The first-order valence-electron chi connectivity index (χ1n) is 9.70. The molecule has 14 heteroatoms. The molecular formula is C20H20N6O8. The van der Waals surface area contributed by atoms with E-state index in [2.05, 4.69) is 20.9 Å². The van der Waals surface area contributed by atoms with Gasteiger partial charge in [-0.3, -0.25) is 29.8 Å². The van der Waals surface area contributed by atoms with Crippen molar-refractivity contribution >= 4 is 34.6 Å². The van der Waals surface area contributed by atoms with Crippen molar-refractivity contribution in [2.24, 2.45) is 10.3 Å². The van der Waals surface area contributed by atoms with Crippen molar-refractivity contribution in [2.75, 3.05) is 13.1 Å². The van der Waals surface area contributed by atoms with Crippen LogP contribution in [-0.4, -0.2) is 56.6 Å². The minimum absolute atomic E-state index is 0.0416. The molecule has 2 rings (SSSR count). The average molecular weight is 472 g/mol. The standard InChI is InChI=1S/C20H20N6O8/c27-19(17(23-29)11-13-1-5-15(6-2-13)25(31)32)21-9-10-22-20(28)18(24-30)12-14-3-7-16(8-4-14)26(33)34/h1-8,29-30H,9-12H2,(H,21,27)(H,22,28). The Labute approximate surface area is 191 Å². The molecule has 0 heterocycles. The largest absolute Gasteiger partial charge is 0.410 e. The number of benzene rings is 2. The maximum atomic E-state index is 12.2. The van der Waals surface area contributed by atoms with Gasteiger partial charge in [-0.1, -0.05) is 34.6 Å². The third kappa shape index (κ3) is 7.37. The molecule has 0 aliphatic carbocycles. The molecule has 2 aromatic rings. The van der Waals surface area contributed by atoms with Gasteiger partial charge in [0.15, 0.2) is 0 Å². The van der Waals surface area contributed by atoms with Gasteiger partial charge in [-0.2, -0.15) is 0 Å². The number of nitrogens with zero attached hydrogens (tertiary/aromatic N) is 4. The topological polar surface area (TPSA) is 210 Å². The lowest BCUT2D eigenvalue weighted by Gasteiger charge is -2.09. The van der Waals surface area contributed by atoms with Gasteiger partial charge in [-0.05, 0) is 11.1 Å². The summed E-state index contributed by atoms with van der Waals surface area (Å²) in [6.45, 7) is -0.0831. The number of hydrogen-bond donors (Lipinski definition) is 4. The van der Waals surface area contributed by atoms with E-state index in [1.807, 2.05) is 0 Å². The molecule has 178 valence electrons. The fraction of sp³-hybridized carbons (Fsp3) is 0.200. The second-order valence-electron chi connectivity index (χ2n) is 6.81. The Morgan fingerprint density at radius 3 is 1.29 bits per heavy atom. The summed E-state index contributed by atoms with van der Waals surface area (Å²) in [5.74, 6) is -1.42. The SMILES string of the molecule is O=C(NCCNC(=O)C(Cc1ccc([N+](=O)[O-])cc1)=NO)C(Cc1ccc([N+](=O)[O-])cc1)=NO. The molecule has 14 nitrogen and oxygen atoms in total. The molecule has 0 aliphatic rings. The molecule has 0 spiro atoms. The predicted molar refractivity (Wildman–Crippen MR) is 118 cm³/mol. The molecule has 0 radical (unpaired) electrons. The van der Waals surface area contributed by atoms with Crippen LogP contribution in [0.2, 0.25) is 0 Å². The minimum Gasteiger partial charge on any atom is -0.410 e. The highest BCUT2D eigenvalue weighted by Gasteiger charge is 2.16. The van der Waals surface area contributed by atoms with Crippen LogP contribution in [0.15, 0.2) is 58.8 Å². The smallest absolute Gasteiger partial charge is 0.269 e. The number of oxime groups is 2. The van der Waals surface area contributed by atoms with E-state index in [4.69, 9.17) is 10.4 Å². The molecule has 0 saturated heterocycles. The summed E-state index contributed by atoms with van der Waals surface area (Å²) in [4.78, 5) is 44.6. The summed E-state index contributed by atoms with van der Waals surface area (Å²) in [7, 11) is 0. The molecule has 0 saturated carbocycles. The number of carbonyl (C=O) groups is 2. The van der Waals surface area contributed by atoms with E-state index in [0.29, 0.717) is 11.1 Å². The number of amides is 2. The fourth-order valence-electron chi connectivity index (χ4n) is 2.74. The number of carbonyl (C=O) groups excluding carboxylic acids is 2. The van der Waals surface area contributed by atoms with E-state index in [1.54, 1.807) is 0 Å². The van der Waals surface area contributed by atoms with Gasteiger partial charge in [0.1, 0.15) is 11.4 Å². The number of hydrogen-bond acceptors (Lipinski definition) is 10. The normalized spacial score (nSPS) is 11.5. The van der Waals surface area contributed by atoms with E-state index in [-0.39, 0.29) is 48.7 Å². The van der Waals surface area contributed by atoms with Crippen LogP contribution >= 0.6 is 0 Å². The molecule has 4 N–H and O–H groups in total.